The van der Waals surface area contributed by atoms with Crippen LogP contribution in [0.2, 0.25) is 0 Å². The Balaban J connectivity index is 1.73. The van der Waals surface area contributed by atoms with E-state index in [1.165, 1.54) is 24.3 Å². The molecule has 0 atom stereocenters. The number of benzene rings is 3. The molecule has 4 aromatic rings. The van der Waals surface area contributed by atoms with Crippen LogP contribution in [0.15, 0.2) is 88.2 Å². The lowest BCUT2D eigenvalue weighted by molar-refractivity contribution is 0.102. The molecular formula is C22H16BrN3O3S. The van der Waals surface area contributed by atoms with Gasteiger partial charge in [-0.25, -0.2) is 18.5 Å². The Morgan fingerprint density at radius 2 is 1.60 bits per heavy atom. The van der Waals surface area contributed by atoms with Gasteiger partial charge in [0.15, 0.2) is 0 Å². The summed E-state index contributed by atoms with van der Waals surface area (Å²) in [5.41, 5.74) is 3.19. The molecule has 3 aromatic carbocycles. The van der Waals surface area contributed by atoms with Crippen molar-refractivity contribution in [2.75, 3.05) is 5.32 Å². The highest BCUT2D eigenvalue weighted by molar-refractivity contribution is 9.10. The third kappa shape index (κ3) is 4.25. The Morgan fingerprint density at radius 3 is 2.27 bits per heavy atom. The molecule has 4 rings (SSSR count). The van der Waals surface area contributed by atoms with Crippen molar-refractivity contribution < 1.29 is 13.2 Å². The van der Waals surface area contributed by atoms with Gasteiger partial charge in [0.1, 0.15) is 0 Å². The largest absolute Gasteiger partial charge is 0.322 e. The van der Waals surface area contributed by atoms with Crippen LogP contribution in [0.1, 0.15) is 10.4 Å². The molecule has 6 nitrogen and oxygen atoms in total. The van der Waals surface area contributed by atoms with Gasteiger partial charge in [0.05, 0.1) is 21.7 Å². The van der Waals surface area contributed by atoms with E-state index in [0.717, 1.165) is 15.4 Å². The molecule has 30 heavy (non-hydrogen) atoms. The van der Waals surface area contributed by atoms with E-state index in [1.807, 2.05) is 48.5 Å². The first-order valence-electron chi connectivity index (χ1n) is 8.91. The van der Waals surface area contributed by atoms with Crippen LogP contribution in [0.25, 0.3) is 22.2 Å². The number of anilines is 1. The summed E-state index contributed by atoms with van der Waals surface area (Å²) in [5, 5.41) is 8.64. The van der Waals surface area contributed by atoms with E-state index in [1.54, 1.807) is 6.07 Å². The normalized spacial score (nSPS) is 11.4. The molecule has 1 amide bonds. The zero-order valence-corrected chi connectivity index (χ0v) is 17.9. The number of sulfonamides is 1. The first kappa shape index (κ1) is 20.2. The third-order valence-electron chi connectivity index (χ3n) is 4.54. The number of hydrogen-bond acceptors (Lipinski definition) is 4. The lowest BCUT2D eigenvalue weighted by Crippen LogP contribution is -2.14. The summed E-state index contributed by atoms with van der Waals surface area (Å²) in [5.74, 6) is -0.324. The van der Waals surface area contributed by atoms with Crippen LogP contribution >= 0.6 is 15.9 Å². The first-order chi connectivity index (χ1) is 14.3. The molecule has 0 aliphatic carbocycles. The lowest BCUT2D eigenvalue weighted by atomic mass is 10.0. The standard InChI is InChI=1S/C22H16BrN3O3S/c23-15-7-5-14(6-8-15)21-13-19(18-3-1-2-4-20(18)26-21)22(27)25-16-9-11-17(12-10-16)30(24,28)29/h1-13H,(H,25,27)(H2,24,28,29). The van der Waals surface area contributed by atoms with Crippen LogP contribution in [-0.4, -0.2) is 19.3 Å². The van der Waals surface area contributed by atoms with Crippen molar-refractivity contribution in [1.82, 2.24) is 4.98 Å². The van der Waals surface area contributed by atoms with Crippen LogP contribution in [0, 0.1) is 0 Å². The first-order valence-corrected chi connectivity index (χ1v) is 11.3. The maximum Gasteiger partial charge on any atom is 0.256 e. The summed E-state index contributed by atoms with van der Waals surface area (Å²) < 4.78 is 23.8. The van der Waals surface area contributed by atoms with E-state index in [9.17, 15) is 13.2 Å². The summed E-state index contributed by atoms with van der Waals surface area (Å²) in [6.45, 7) is 0. The molecule has 0 radical (unpaired) electrons. The molecule has 0 bridgehead atoms. The van der Waals surface area contributed by atoms with Crippen LogP contribution in [0.4, 0.5) is 5.69 Å². The highest BCUT2D eigenvalue weighted by Crippen LogP contribution is 2.27. The molecule has 0 saturated carbocycles. The Morgan fingerprint density at radius 1 is 0.933 bits per heavy atom. The van der Waals surface area contributed by atoms with E-state index in [-0.39, 0.29) is 10.8 Å². The van der Waals surface area contributed by atoms with E-state index in [4.69, 9.17) is 5.14 Å². The summed E-state index contributed by atoms with van der Waals surface area (Å²) in [6, 6.07) is 22.5. The number of nitrogens with one attached hydrogen (secondary N) is 1. The molecular weight excluding hydrogens is 466 g/mol. The van der Waals surface area contributed by atoms with Crippen molar-refractivity contribution in [3.8, 4) is 11.3 Å². The number of carbonyl (C=O) groups is 1. The van der Waals surface area contributed by atoms with Gasteiger partial charge in [0.25, 0.3) is 5.91 Å². The smallest absolute Gasteiger partial charge is 0.256 e. The van der Waals surface area contributed by atoms with Crippen LogP contribution in [0.5, 0.6) is 0 Å². The van der Waals surface area contributed by atoms with Gasteiger partial charge in [0.2, 0.25) is 10.0 Å². The predicted octanol–water partition coefficient (Wildman–Crippen LogP) is 4.56. The molecule has 0 aliphatic heterocycles. The topological polar surface area (TPSA) is 102 Å². The van der Waals surface area contributed by atoms with Crippen molar-refractivity contribution in [2.45, 2.75) is 4.90 Å². The molecule has 1 aromatic heterocycles. The monoisotopic (exact) mass is 481 g/mol. The Hall–Kier alpha value is -3.07. The number of rotatable bonds is 4. The van der Waals surface area contributed by atoms with Crippen LogP contribution < -0.4 is 10.5 Å². The average Bonchev–Trinajstić information content (AvgIpc) is 2.73. The van der Waals surface area contributed by atoms with E-state index < -0.39 is 10.0 Å². The average molecular weight is 482 g/mol. The Bertz CT molecular complexity index is 1350. The minimum Gasteiger partial charge on any atom is -0.322 e. The van der Waals surface area contributed by atoms with Crippen LogP contribution in [-0.2, 0) is 10.0 Å². The molecule has 150 valence electrons. The fourth-order valence-electron chi connectivity index (χ4n) is 3.06. The summed E-state index contributed by atoms with van der Waals surface area (Å²) in [6.07, 6.45) is 0. The van der Waals surface area contributed by atoms with Gasteiger partial charge in [-0.2, -0.15) is 0 Å². The summed E-state index contributed by atoms with van der Waals surface area (Å²) in [4.78, 5) is 17.7. The number of fused-ring (bicyclic) bond motifs is 1. The number of hydrogen-bond donors (Lipinski definition) is 2. The van der Waals surface area contributed by atoms with Gasteiger partial charge in [-0.1, -0.05) is 46.3 Å². The number of halogens is 1. The summed E-state index contributed by atoms with van der Waals surface area (Å²) in [7, 11) is -3.79. The van der Waals surface area contributed by atoms with Crippen molar-refractivity contribution in [3.63, 3.8) is 0 Å². The minimum atomic E-state index is -3.79. The molecule has 0 unspecified atom stereocenters. The number of pyridine rings is 1. The molecule has 3 N–H and O–H groups in total. The molecule has 0 fully saturated rings. The fourth-order valence-corrected chi connectivity index (χ4v) is 3.84. The maximum absolute atomic E-state index is 13.1. The Kier molecular flexibility index (Phi) is 5.38. The zero-order valence-electron chi connectivity index (χ0n) is 15.5. The molecule has 0 saturated heterocycles. The number of nitrogens with zero attached hydrogens (tertiary/aromatic N) is 1. The highest BCUT2D eigenvalue weighted by Gasteiger charge is 2.15. The van der Waals surface area contributed by atoms with Gasteiger partial charge in [0, 0.05) is 21.1 Å². The van der Waals surface area contributed by atoms with Crippen molar-refractivity contribution >= 4 is 48.5 Å². The molecule has 1 heterocycles. The minimum absolute atomic E-state index is 0.0209. The van der Waals surface area contributed by atoms with Crippen molar-refractivity contribution in [3.05, 3.63) is 88.9 Å². The Labute approximate surface area is 181 Å². The van der Waals surface area contributed by atoms with Crippen molar-refractivity contribution in [2.24, 2.45) is 5.14 Å². The summed E-state index contributed by atoms with van der Waals surface area (Å²) >= 11 is 3.42. The predicted molar refractivity (Wildman–Crippen MR) is 121 cm³/mol. The van der Waals surface area contributed by atoms with Gasteiger partial charge >= 0.3 is 0 Å². The number of nitrogens with two attached hydrogens (primary N) is 1. The number of primary sulfonamides is 1. The van der Waals surface area contributed by atoms with E-state index in [0.29, 0.717) is 22.5 Å². The molecule has 0 aliphatic rings. The second-order valence-corrected chi connectivity index (χ2v) is 9.08. The molecule has 8 heteroatoms. The number of carbonyl (C=O) groups excluding carboxylic acids is 1. The number of para-hydroxylation sites is 1. The third-order valence-corrected chi connectivity index (χ3v) is 6.00. The van der Waals surface area contributed by atoms with Gasteiger partial charge in [-0.05, 0) is 48.5 Å². The van der Waals surface area contributed by atoms with Gasteiger partial charge < -0.3 is 5.32 Å². The SMILES string of the molecule is NS(=O)(=O)c1ccc(NC(=O)c2cc(-c3ccc(Br)cc3)nc3ccccc23)cc1. The lowest BCUT2D eigenvalue weighted by Gasteiger charge is -2.11. The number of amides is 1. The number of aromatic nitrogens is 1. The van der Waals surface area contributed by atoms with Gasteiger partial charge in [-0.3, -0.25) is 4.79 Å². The zero-order chi connectivity index (χ0) is 21.3. The second-order valence-electron chi connectivity index (χ2n) is 6.60. The molecule has 0 spiro atoms. The quantitative estimate of drug-likeness (QED) is 0.445. The van der Waals surface area contributed by atoms with E-state index >= 15 is 0 Å². The fraction of sp³-hybridized carbons (Fsp3) is 0. The maximum atomic E-state index is 13.1. The van der Waals surface area contributed by atoms with E-state index in [2.05, 4.69) is 26.2 Å². The van der Waals surface area contributed by atoms with Crippen LogP contribution in [0.3, 0.4) is 0 Å². The highest BCUT2D eigenvalue weighted by atomic mass is 79.9. The second kappa shape index (κ2) is 7.98. The van der Waals surface area contributed by atoms with Crippen molar-refractivity contribution in [1.29, 1.82) is 0 Å². The van der Waals surface area contributed by atoms with Gasteiger partial charge in [-0.15, -0.1) is 0 Å².